The highest BCUT2D eigenvalue weighted by Crippen LogP contribution is 2.24. The van der Waals surface area contributed by atoms with Crippen molar-refractivity contribution in [3.63, 3.8) is 0 Å². The molecular formula is C10H11F2N3. The first-order valence-corrected chi connectivity index (χ1v) is 4.68. The van der Waals surface area contributed by atoms with Gasteiger partial charge in [0.15, 0.2) is 5.96 Å². The lowest BCUT2D eigenvalue weighted by atomic mass is 10.0. The highest BCUT2D eigenvalue weighted by atomic mass is 19.1. The summed E-state index contributed by atoms with van der Waals surface area (Å²) >= 11 is 0. The summed E-state index contributed by atoms with van der Waals surface area (Å²) in [5.74, 6) is -0.856. The Morgan fingerprint density at radius 1 is 1.27 bits per heavy atom. The average Bonchev–Trinajstić information content (AvgIpc) is 2.16. The molecule has 0 radical (unpaired) electrons. The molecule has 1 aliphatic rings. The summed E-state index contributed by atoms with van der Waals surface area (Å²) in [5, 5.41) is 2.85. The summed E-state index contributed by atoms with van der Waals surface area (Å²) in [7, 11) is 0. The van der Waals surface area contributed by atoms with Gasteiger partial charge in [-0.05, 0) is 24.1 Å². The van der Waals surface area contributed by atoms with E-state index < -0.39 is 11.6 Å². The standard InChI is InChI=1S/C10H11F2N3/c11-7-3-6(4-8(12)5-7)9-1-2-14-10(13)15-9/h3-5,9H,1-2H2,(H3,13,14,15). The SMILES string of the molecule is NC1=NC(c2cc(F)cc(F)c2)CCN1. The van der Waals surface area contributed by atoms with Crippen molar-refractivity contribution in [2.75, 3.05) is 6.54 Å². The second-order valence-electron chi connectivity index (χ2n) is 3.45. The Morgan fingerprint density at radius 3 is 2.53 bits per heavy atom. The minimum Gasteiger partial charge on any atom is -0.370 e. The molecule has 0 spiro atoms. The van der Waals surface area contributed by atoms with Gasteiger partial charge in [0.25, 0.3) is 0 Å². The fraction of sp³-hybridized carbons (Fsp3) is 0.300. The highest BCUT2D eigenvalue weighted by Gasteiger charge is 2.16. The zero-order valence-electron chi connectivity index (χ0n) is 8.00. The molecule has 5 heteroatoms. The van der Waals surface area contributed by atoms with Crippen LogP contribution in [0.1, 0.15) is 18.0 Å². The van der Waals surface area contributed by atoms with Crippen LogP contribution in [0.15, 0.2) is 23.2 Å². The Balaban J connectivity index is 2.32. The van der Waals surface area contributed by atoms with E-state index in [1.54, 1.807) is 0 Å². The zero-order chi connectivity index (χ0) is 10.8. The van der Waals surface area contributed by atoms with E-state index >= 15 is 0 Å². The number of halogens is 2. The molecule has 2 rings (SSSR count). The predicted octanol–water partition coefficient (Wildman–Crippen LogP) is 1.31. The maximum atomic E-state index is 12.9. The normalized spacial score (nSPS) is 20.7. The lowest BCUT2D eigenvalue weighted by Crippen LogP contribution is -2.36. The van der Waals surface area contributed by atoms with Crippen LogP contribution < -0.4 is 11.1 Å². The van der Waals surface area contributed by atoms with Gasteiger partial charge in [-0.3, -0.25) is 0 Å². The van der Waals surface area contributed by atoms with Gasteiger partial charge in [0.05, 0.1) is 6.04 Å². The van der Waals surface area contributed by atoms with Crippen LogP contribution in [0.5, 0.6) is 0 Å². The first kappa shape index (κ1) is 9.89. The maximum Gasteiger partial charge on any atom is 0.189 e. The Morgan fingerprint density at radius 2 is 1.93 bits per heavy atom. The van der Waals surface area contributed by atoms with Crippen molar-refractivity contribution in [2.24, 2.45) is 10.7 Å². The Labute approximate surface area is 86.0 Å². The van der Waals surface area contributed by atoms with Crippen LogP contribution in [0, 0.1) is 11.6 Å². The van der Waals surface area contributed by atoms with Gasteiger partial charge < -0.3 is 11.1 Å². The van der Waals surface area contributed by atoms with Gasteiger partial charge in [-0.25, -0.2) is 13.8 Å². The molecule has 1 atom stereocenters. The molecule has 3 nitrogen and oxygen atoms in total. The number of nitrogens with zero attached hydrogens (tertiary/aromatic N) is 1. The largest absolute Gasteiger partial charge is 0.370 e. The van der Waals surface area contributed by atoms with Crippen molar-refractivity contribution < 1.29 is 8.78 Å². The van der Waals surface area contributed by atoms with E-state index in [0.29, 0.717) is 24.5 Å². The second kappa shape index (κ2) is 3.84. The predicted molar refractivity (Wildman–Crippen MR) is 53.3 cm³/mol. The molecule has 1 aromatic carbocycles. The molecule has 0 saturated heterocycles. The number of aliphatic imine (C=N–C) groups is 1. The molecule has 0 amide bonds. The Kier molecular flexibility index (Phi) is 2.53. The molecule has 15 heavy (non-hydrogen) atoms. The summed E-state index contributed by atoms with van der Waals surface area (Å²) in [6.07, 6.45) is 0.684. The van der Waals surface area contributed by atoms with E-state index in [2.05, 4.69) is 10.3 Å². The summed E-state index contributed by atoms with van der Waals surface area (Å²) < 4.78 is 25.9. The molecule has 1 aliphatic heterocycles. The molecule has 80 valence electrons. The number of hydrogen-bond donors (Lipinski definition) is 2. The Hall–Kier alpha value is -1.65. The number of rotatable bonds is 1. The molecule has 0 aliphatic carbocycles. The van der Waals surface area contributed by atoms with Crippen molar-refractivity contribution in [1.29, 1.82) is 0 Å². The van der Waals surface area contributed by atoms with Gasteiger partial charge in [-0.2, -0.15) is 0 Å². The van der Waals surface area contributed by atoms with E-state index in [-0.39, 0.29) is 6.04 Å². The maximum absolute atomic E-state index is 12.9. The molecule has 0 aromatic heterocycles. The fourth-order valence-electron chi connectivity index (χ4n) is 1.62. The number of benzene rings is 1. The molecule has 1 aromatic rings. The third-order valence-electron chi connectivity index (χ3n) is 2.29. The molecule has 1 unspecified atom stereocenters. The first-order chi connectivity index (χ1) is 7.15. The van der Waals surface area contributed by atoms with Crippen LogP contribution in [-0.4, -0.2) is 12.5 Å². The van der Waals surface area contributed by atoms with Gasteiger partial charge in [-0.1, -0.05) is 0 Å². The number of nitrogens with one attached hydrogen (secondary N) is 1. The van der Waals surface area contributed by atoms with Crippen molar-refractivity contribution in [3.05, 3.63) is 35.4 Å². The van der Waals surface area contributed by atoms with Crippen molar-refractivity contribution in [1.82, 2.24) is 5.32 Å². The van der Waals surface area contributed by atoms with Gasteiger partial charge in [0.1, 0.15) is 11.6 Å². The lowest BCUT2D eigenvalue weighted by Gasteiger charge is -2.20. The highest BCUT2D eigenvalue weighted by molar-refractivity contribution is 5.78. The molecule has 0 fully saturated rings. The minimum atomic E-state index is -0.586. The topological polar surface area (TPSA) is 50.4 Å². The first-order valence-electron chi connectivity index (χ1n) is 4.68. The van der Waals surface area contributed by atoms with Crippen LogP contribution in [-0.2, 0) is 0 Å². The van der Waals surface area contributed by atoms with E-state index in [0.717, 1.165) is 6.07 Å². The summed E-state index contributed by atoms with van der Waals surface area (Å²) in [5.41, 5.74) is 6.01. The average molecular weight is 211 g/mol. The molecular weight excluding hydrogens is 200 g/mol. The van der Waals surface area contributed by atoms with Crippen LogP contribution >= 0.6 is 0 Å². The van der Waals surface area contributed by atoms with Gasteiger partial charge in [-0.15, -0.1) is 0 Å². The quantitative estimate of drug-likeness (QED) is 0.736. The van der Waals surface area contributed by atoms with Gasteiger partial charge in [0.2, 0.25) is 0 Å². The third-order valence-corrected chi connectivity index (χ3v) is 2.29. The number of hydrogen-bond acceptors (Lipinski definition) is 3. The Bertz CT molecular complexity index is 383. The zero-order valence-corrected chi connectivity index (χ0v) is 8.00. The minimum absolute atomic E-state index is 0.253. The van der Waals surface area contributed by atoms with Gasteiger partial charge >= 0.3 is 0 Å². The van der Waals surface area contributed by atoms with Crippen LogP contribution in [0.4, 0.5) is 8.78 Å². The van der Waals surface area contributed by atoms with Crippen LogP contribution in [0.3, 0.4) is 0 Å². The van der Waals surface area contributed by atoms with E-state index in [1.807, 2.05) is 0 Å². The monoisotopic (exact) mass is 211 g/mol. The molecule has 0 saturated carbocycles. The fourth-order valence-corrected chi connectivity index (χ4v) is 1.62. The summed E-state index contributed by atoms with van der Waals surface area (Å²) in [6, 6.07) is 3.17. The van der Waals surface area contributed by atoms with Crippen molar-refractivity contribution in [2.45, 2.75) is 12.5 Å². The number of guanidine groups is 1. The number of nitrogens with two attached hydrogens (primary N) is 1. The van der Waals surface area contributed by atoms with Crippen molar-refractivity contribution in [3.8, 4) is 0 Å². The van der Waals surface area contributed by atoms with E-state index in [9.17, 15) is 8.78 Å². The van der Waals surface area contributed by atoms with E-state index in [1.165, 1.54) is 12.1 Å². The second-order valence-corrected chi connectivity index (χ2v) is 3.45. The molecule has 3 N–H and O–H groups in total. The summed E-state index contributed by atoms with van der Waals surface area (Å²) in [4.78, 5) is 4.08. The summed E-state index contributed by atoms with van der Waals surface area (Å²) in [6.45, 7) is 0.665. The smallest absolute Gasteiger partial charge is 0.189 e. The third kappa shape index (κ3) is 2.23. The molecule has 1 heterocycles. The molecule has 0 bridgehead atoms. The van der Waals surface area contributed by atoms with E-state index in [4.69, 9.17) is 5.73 Å². The van der Waals surface area contributed by atoms with Gasteiger partial charge in [0, 0.05) is 12.6 Å². The lowest BCUT2D eigenvalue weighted by molar-refractivity contribution is 0.558. The van der Waals surface area contributed by atoms with Crippen molar-refractivity contribution >= 4 is 5.96 Å². The van der Waals surface area contributed by atoms with Crippen LogP contribution in [0.25, 0.3) is 0 Å². The van der Waals surface area contributed by atoms with Crippen LogP contribution in [0.2, 0.25) is 0 Å².